The van der Waals surface area contributed by atoms with Gasteiger partial charge in [-0.1, -0.05) is 13.8 Å². The summed E-state index contributed by atoms with van der Waals surface area (Å²) in [6, 6.07) is 6.96. The van der Waals surface area contributed by atoms with Crippen molar-refractivity contribution in [3.05, 3.63) is 91.4 Å². The van der Waals surface area contributed by atoms with Crippen LogP contribution in [0.4, 0.5) is 29.7 Å². The van der Waals surface area contributed by atoms with Crippen LogP contribution in [0.2, 0.25) is 0 Å². The highest BCUT2D eigenvalue weighted by molar-refractivity contribution is 5.97. The number of hydrogen-bond acceptors (Lipinski definition) is 9. The number of nitrogens with one attached hydrogen (secondary N) is 2. The number of hydrogen-bond donors (Lipinski definition) is 3. The second kappa shape index (κ2) is 23.0. The van der Waals surface area contributed by atoms with Crippen molar-refractivity contribution >= 4 is 35.4 Å². The minimum absolute atomic E-state index is 0.0225. The molecule has 0 bridgehead atoms. The molecule has 0 aliphatic carbocycles. The van der Waals surface area contributed by atoms with Gasteiger partial charge < -0.3 is 44.5 Å². The fraction of sp³-hybridized carbons (Fsp3) is 0.611. The molecule has 2 aliphatic heterocycles. The summed E-state index contributed by atoms with van der Waals surface area (Å²) in [6.07, 6.45) is 2.10. The second-order valence-corrected chi connectivity index (χ2v) is 21.5. The molecule has 16 heteroatoms. The first-order chi connectivity index (χ1) is 32.4. The molecule has 1 aromatic heterocycles. The van der Waals surface area contributed by atoms with E-state index < -0.39 is 34.7 Å². The second-order valence-electron chi connectivity index (χ2n) is 21.5. The van der Waals surface area contributed by atoms with Crippen LogP contribution < -0.4 is 20.7 Å². The van der Waals surface area contributed by atoms with E-state index >= 15 is 4.39 Å². The lowest BCUT2D eigenvalue weighted by molar-refractivity contribution is -0.00367. The number of anilines is 2. The number of likely N-dealkylation sites (tertiary alicyclic amines) is 2. The third-order valence-electron chi connectivity index (χ3n) is 13.3. The zero-order valence-corrected chi connectivity index (χ0v) is 44.7. The summed E-state index contributed by atoms with van der Waals surface area (Å²) in [6.45, 7) is 33.7. The van der Waals surface area contributed by atoms with Crippen LogP contribution in [0.15, 0.2) is 35.1 Å². The zero-order valence-electron chi connectivity index (χ0n) is 44.7. The van der Waals surface area contributed by atoms with E-state index in [1.807, 2.05) is 117 Å². The lowest BCUT2D eigenvalue weighted by Gasteiger charge is -2.47. The van der Waals surface area contributed by atoms with Crippen molar-refractivity contribution in [2.75, 3.05) is 22.9 Å². The van der Waals surface area contributed by atoms with Crippen molar-refractivity contribution in [1.29, 1.82) is 0 Å². The molecule has 2 saturated heterocycles. The van der Waals surface area contributed by atoms with E-state index in [2.05, 4.69) is 20.1 Å². The molecule has 2 fully saturated rings. The van der Waals surface area contributed by atoms with Crippen LogP contribution in [0.1, 0.15) is 177 Å². The number of carboxylic acid groups (broad SMARTS) is 1. The van der Waals surface area contributed by atoms with Crippen LogP contribution in [0, 0.1) is 32.4 Å². The Morgan fingerprint density at radius 3 is 1.46 bits per heavy atom. The largest absolute Gasteiger partial charge is 0.478 e. The van der Waals surface area contributed by atoms with Gasteiger partial charge in [-0.15, -0.1) is 0 Å². The maximum absolute atomic E-state index is 15.0. The molecule has 0 unspecified atom stereocenters. The number of aromatic nitrogens is 1. The Morgan fingerprint density at radius 2 is 1.10 bits per heavy atom. The Morgan fingerprint density at radius 1 is 0.714 bits per heavy atom. The highest BCUT2D eigenvalue weighted by Gasteiger charge is 2.40. The molecule has 70 heavy (non-hydrogen) atoms. The number of aromatic carboxylic acids is 1. The third kappa shape index (κ3) is 14.0. The normalized spacial score (nSPS) is 20.6. The number of benzene rings is 2. The topological polar surface area (TPSA) is 165 Å². The molecule has 2 aliphatic rings. The number of amides is 3. The van der Waals surface area contributed by atoms with Crippen molar-refractivity contribution in [3.63, 3.8) is 0 Å². The highest BCUT2D eigenvalue weighted by atomic mass is 19.1. The molecule has 5 rings (SSSR count). The molecule has 3 N–H and O–H groups in total. The van der Waals surface area contributed by atoms with Gasteiger partial charge in [0.25, 0.3) is 11.5 Å². The number of halogens is 2. The van der Waals surface area contributed by atoms with Crippen LogP contribution in [0.3, 0.4) is 0 Å². The number of H-pyrrole nitrogens is 1. The highest BCUT2D eigenvalue weighted by Crippen LogP contribution is 2.36. The average molecular weight is 979 g/mol. The molecule has 0 spiro atoms. The molecule has 14 nitrogen and oxygen atoms in total. The van der Waals surface area contributed by atoms with Crippen molar-refractivity contribution in [3.8, 4) is 0 Å². The number of carboxylic acids is 1. The van der Waals surface area contributed by atoms with Crippen LogP contribution in [0.5, 0.6) is 0 Å². The summed E-state index contributed by atoms with van der Waals surface area (Å²) in [5, 5.41) is 12.3. The Labute approximate surface area is 414 Å². The standard InChI is InChI=1S/C32H47FN4O4.C22H33FN2O4/c1-11-36(24-13-20(5)37(21(6)14-24)31(40)41-32(8,9)10)28-16-23(33)15-26(22(28)7)29(38)34-17-27-25(18(2)3)12-19(4)35-30(27)39;1-8-24(19-12-16(23)11-18(15(19)4)20(26)27)17-9-13(2)25(14(3)10-17)21(28)29-22(5,6)7/h12,15-16,18,20-21,24H,11,13-14,17H2,1-10H3,(H,34,38)(H,35,39);11-14,17H,8-10H2,1-7H3,(H,26,27)/t20-,21-;13-,14-/m11/s1. The van der Waals surface area contributed by atoms with Gasteiger partial charge >= 0.3 is 18.2 Å². The molecule has 0 radical (unpaired) electrons. The maximum Gasteiger partial charge on any atom is 0.410 e. The van der Waals surface area contributed by atoms with Crippen LogP contribution in [-0.2, 0) is 16.0 Å². The fourth-order valence-electron chi connectivity index (χ4n) is 10.3. The van der Waals surface area contributed by atoms with Crippen molar-refractivity contribution < 1.29 is 42.5 Å². The molecular weight excluding hydrogens is 899 g/mol. The first-order valence-electron chi connectivity index (χ1n) is 24.8. The number of aromatic amines is 1. The minimum Gasteiger partial charge on any atom is -0.478 e. The number of aryl methyl sites for hydroxylation is 1. The van der Waals surface area contributed by atoms with Crippen molar-refractivity contribution in [1.82, 2.24) is 20.1 Å². The van der Waals surface area contributed by atoms with Gasteiger partial charge in [-0.2, -0.15) is 0 Å². The number of nitrogens with zero attached hydrogens (tertiary/aromatic N) is 4. The third-order valence-corrected chi connectivity index (χ3v) is 13.3. The predicted octanol–water partition coefficient (Wildman–Crippen LogP) is 11.0. The van der Waals surface area contributed by atoms with Gasteiger partial charge in [-0.3, -0.25) is 9.59 Å². The van der Waals surface area contributed by atoms with E-state index in [-0.39, 0.29) is 77.6 Å². The Hall–Kier alpha value is -5.67. The molecule has 0 saturated carbocycles. The quantitative estimate of drug-likeness (QED) is 0.168. The van der Waals surface area contributed by atoms with Crippen molar-refractivity contribution in [2.45, 2.75) is 203 Å². The van der Waals surface area contributed by atoms with E-state index in [0.717, 1.165) is 17.3 Å². The molecule has 388 valence electrons. The molecule has 4 atom stereocenters. The summed E-state index contributed by atoms with van der Waals surface area (Å²) in [4.78, 5) is 73.7. The molecule has 2 aromatic carbocycles. The number of ether oxygens (including phenoxy) is 2. The molecule has 3 amide bonds. The first-order valence-corrected chi connectivity index (χ1v) is 24.8. The lowest BCUT2D eigenvalue weighted by atomic mass is 9.90. The van der Waals surface area contributed by atoms with E-state index in [1.165, 1.54) is 18.2 Å². The Kier molecular flexibility index (Phi) is 18.7. The minimum atomic E-state index is -1.14. The average Bonchev–Trinajstić information content (AvgIpc) is 3.21. The summed E-state index contributed by atoms with van der Waals surface area (Å²) < 4.78 is 40.4. The first kappa shape index (κ1) is 56.9. The zero-order chi connectivity index (χ0) is 52.9. The monoisotopic (exact) mass is 979 g/mol. The van der Waals surface area contributed by atoms with E-state index in [1.54, 1.807) is 16.7 Å². The molecular formula is C54H80F2N6O8. The summed E-state index contributed by atoms with van der Waals surface area (Å²) in [7, 11) is 0. The smallest absolute Gasteiger partial charge is 0.410 e. The number of piperidine rings is 2. The summed E-state index contributed by atoms with van der Waals surface area (Å²) in [5.41, 5.74) is 3.46. The molecule has 3 heterocycles. The number of pyridine rings is 1. The van der Waals surface area contributed by atoms with Gasteiger partial charge in [0.15, 0.2) is 0 Å². The Balaban J connectivity index is 0.000000323. The number of carbonyl (C=O) groups excluding carboxylic acids is 3. The van der Waals surface area contributed by atoms with Gasteiger partial charge in [0.05, 0.1) is 5.56 Å². The number of rotatable bonds is 11. The van der Waals surface area contributed by atoms with E-state index in [9.17, 15) is 33.5 Å². The van der Waals surface area contributed by atoms with E-state index in [0.29, 0.717) is 66.8 Å². The van der Waals surface area contributed by atoms with Gasteiger partial charge in [0, 0.05) is 84.1 Å². The lowest BCUT2D eigenvalue weighted by Crippen LogP contribution is -2.56. The van der Waals surface area contributed by atoms with Crippen LogP contribution in [-0.4, -0.2) is 104 Å². The molecule has 3 aromatic rings. The van der Waals surface area contributed by atoms with Crippen LogP contribution in [0.25, 0.3) is 0 Å². The van der Waals surface area contributed by atoms with Crippen molar-refractivity contribution in [2.24, 2.45) is 0 Å². The van der Waals surface area contributed by atoms with Gasteiger partial charge in [-0.25, -0.2) is 23.2 Å². The van der Waals surface area contributed by atoms with E-state index in [4.69, 9.17) is 9.47 Å². The van der Waals surface area contributed by atoms with Gasteiger partial charge in [0.2, 0.25) is 0 Å². The SMILES string of the molecule is CCN(c1cc(F)cc(C(=O)NCc2c(C(C)C)cc(C)[nH]c2=O)c1C)C1C[C@@H](C)N(C(=O)OC(C)(C)C)[C@H](C)C1.CCN(c1cc(F)cc(C(=O)O)c1C)C1C[C@@H](C)N(C(=O)OC(C)(C)C)[C@H](C)C1. The van der Waals surface area contributed by atoms with Gasteiger partial charge in [-0.05, 0) is 182 Å². The fourth-order valence-corrected chi connectivity index (χ4v) is 10.3. The summed E-state index contributed by atoms with van der Waals surface area (Å²) >= 11 is 0. The van der Waals surface area contributed by atoms with Crippen LogP contribution >= 0.6 is 0 Å². The number of carbonyl (C=O) groups is 4. The summed E-state index contributed by atoms with van der Waals surface area (Å²) in [5.74, 6) is -2.53. The maximum atomic E-state index is 15.0. The Bertz CT molecular complexity index is 2400. The van der Waals surface area contributed by atoms with Gasteiger partial charge in [0.1, 0.15) is 22.8 Å². The predicted molar refractivity (Wildman–Crippen MR) is 272 cm³/mol.